The number of benzene rings is 3. The minimum atomic E-state index is -3.84. The average Bonchev–Trinajstić information content (AvgIpc) is 3.35. The topological polar surface area (TPSA) is 98.5 Å². The standard InChI is InChI=1S/C27H18N2O5S2/c30-27(21-14-18-12-13-28-16-22(18)33-21)29-15-17-8-10-19(11-9-17)36(31,32)25-7-3-6-24-26(25)34-20-4-1-2-5-23(20)35-24/h1-14,16H,15H2,(H,29,30). The lowest BCUT2D eigenvalue weighted by Gasteiger charge is -2.21. The van der Waals surface area contributed by atoms with Gasteiger partial charge in [-0.05, 0) is 54.1 Å². The quantitative estimate of drug-likeness (QED) is 0.308. The van der Waals surface area contributed by atoms with Crippen LogP contribution in [0.5, 0.6) is 11.5 Å². The van der Waals surface area contributed by atoms with Crippen LogP contribution in [0, 0.1) is 0 Å². The van der Waals surface area contributed by atoms with Gasteiger partial charge in [0.2, 0.25) is 9.84 Å². The predicted octanol–water partition coefficient (Wildman–Crippen LogP) is 5.85. The van der Waals surface area contributed by atoms with Gasteiger partial charge in [0.1, 0.15) is 10.6 Å². The molecule has 0 saturated carbocycles. The van der Waals surface area contributed by atoms with Crippen molar-refractivity contribution in [3.05, 3.63) is 103 Å². The molecule has 0 atom stereocenters. The Balaban J connectivity index is 1.20. The lowest BCUT2D eigenvalue weighted by molar-refractivity contribution is 0.0925. The summed E-state index contributed by atoms with van der Waals surface area (Å²) in [7, 11) is -3.84. The van der Waals surface area contributed by atoms with Gasteiger partial charge < -0.3 is 14.5 Å². The molecule has 36 heavy (non-hydrogen) atoms. The summed E-state index contributed by atoms with van der Waals surface area (Å²) >= 11 is 1.48. The molecular weight excluding hydrogens is 496 g/mol. The molecule has 9 heteroatoms. The molecule has 0 aliphatic carbocycles. The fourth-order valence-corrected chi connectivity index (χ4v) is 6.37. The van der Waals surface area contributed by atoms with E-state index in [0.717, 1.165) is 20.7 Å². The van der Waals surface area contributed by atoms with E-state index in [1.807, 2.05) is 30.3 Å². The molecule has 1 aliphatic rings. The average molecular weight is 515 g/mol. The fourth-order valence-electron chi connectivity index (χ4n) is 3.91. The number of carbonyl (C=O) groups is 1. The van der Waals surface area contributed by atoms with Crippen LogP contribution in [0.4, 0.5) is 0 Å². The number of hydrogen-bond donors (Lipinski definition) is 1. The van der Waals surface area contributed by atoms with Crippen molar-refractivity contribution in [2.45, 2.75) is 26.1 Å². The Morgan fingerprint density at radius 3 is 2.58 bits per heavy atom. The van der Waals surface area contributed by atoms with Gasteiger partial charge in [0.25, 0.3) is 5.91 Å². The van der Waals surface area contributed by atoms with Crippen LogP contribution in [-0.2, 0) is 16.4 Å². The van der Waals surface area contributed by atoms with E-state index in [-0.39, 0.29) is 28.0 Å². The van der Waals surface area contributed by atoms with E-state index in [2.05, 4.69) is 10.3 Å². The highest BCUT2D eigenvalue weighted by Gasteiger charge is 2.28. The van der Waals surface area contributed by atoms with Gasteiger partial charge in [-0.15, -0.1) is 0 Å². The molecule has 3 aromatic carbocycles. The number of furan rings is 1. The first-order valence-corrected chi connectivity index (χ1v) is 13.3. The van der Waals surface area contributed by atoms with Crippen molar-refractivity contribution in [3.63, 3.8) is 0 Å². The van der Waals surface area contributed by atoms with Crippen LogP contribution in [0.2, 0.25) is 0 Å². The largest absolute Gasteiger partial charge is 0.454 e. The molecule has 2 aromatic heterocycles. The number of hydrogen-bond acceptors (Lipinski definition) is 7. The number of para-hydroxylation sites is 2. The second-order valence-corrected chi connectivity index (χ2v) is 11.1. The van der Waals surface area contributed by atoms with Gasteiger partial charge in [0, 0.05) is 18.1 Å². The van der Waals surface area contributed by atoms with Gasteiger partial charge in [-0.3, -0.25) is 9.78 Å². The summed E-state index contributed by atoms with van der Waals surface area (Å²) in [5, 5.41) is 3.58. The highest BCUT2D eigenvalue weighted by molar-refractivity contribution is 7.99. The Morgan fingerprint density at radius 2 is 1.75 bits per heavy atom. The molecule has 0 fully saturated rings. The molecule has 3 heterocycles. The molecule has 1 aliphatic heterocycles. The number of ether oxygens (including phenoxy) is 1. The maximum Gasteiger partial charge on any atom is 0.287 e. The zero-order valence-corrected chi connectivity index (χ0v) is 20.3. The molecule has 0 bridgehead atoms. The molecule has 0 saturated heterocycles. The summed E-state index contributed by atoms with van der Waals surface area (Å²) in [5.41, 5.74) is 1.28. The third-order valence-electron chi connectivity index (χ3n) is 5.75. The SMILES string of the molecule is O=C(NCc1ccc(S(=O)(=O)c2cccc3c2Oc2ccccc2S3)cc1)c1cc2ccncc2o1. The Labute approximate surface area is 211 Å². The van der Waals surface area contributed by atoms with Crippen LogP contribution >= 0.6 is 11.8 Å². The van der Waals surface area contributed by atoms with Crippen LogP contribution in [0.15, 0.2) is 115 Å². The molecule has 178 valence electrons. The third kappa shape index (κ3) is 4.02. The van der Waals surface area contributed by atoms with Crippen LogP contribution in [0.25, 0.3) is 11.0 Å². The van der Waals surface area contributed by atoms with Gasteiger partial charge in [-0.1, -0.05) is 42.1 Å². The number of fused-ring (bicyclic) bond motifs is 3. The van der Waals surface area contributed by atoms with Crippen molar-refractivity contribution in [1.29, 1.82) is 0 Å². The van der Waals surface area contributed by atoms with E-state index >= 15 is 0 Å². The number of carbonyl (C=O) groups excluding carboxylic acids is 1. The van der Waals surface area contributed by atoms with Gasteiger partial charge >= 0.3 is 0 Å². The van der Waals surface area contributed by atoms with Crippen LogP contribution in [0.3, 0.4) is 0 Å². The first-order valence-electron chi connectivity index (χ1n) is 11.0. The number of amides is 1. The smallest absolute Gasteiger partial charge is 0.287 e. The first-order chi connectivity index (χ1) is 17.5. The molecular formula is C27H18N2O5S2. The number of rotatable bonds is 5. The summed E-state index contributed by atoms with van der Waals surface area (Å²) in [6, 6.07) is 22.5. The number of pyridine rings is 1. The second kappa shape index (κ2) is 8.85. The van der Waals surface area contributed by atoms with Gasteiger partial charge in [0.15, 0.2) is 17.1 Å². The van der Waals surface area contributed by atoms with Gasteiger partial charge in [-0.2, -0.15) is 0 Å². The highest BCUT2D eigenvalue weighted by atomic mass is 32.2. The molecule has 5 aromatic rings. The van der Waals surface area contributed by atoms with Crippen LogP contribution in [0.1, 0.15) is 16.1 Å². The lowest BCUT2D eigenvalue weighted by atomic mass is 10.2. The minimum absolute atomic E-state index is 0.113. The number of nitrogens with one attached hydrogen (secondary N) is 1. The Hall–Kier alpha value is -4.08. The molecule has 0 unspecified atom stereocenters. The maximum absolute atomic E-state index is 13.5. The Bertz CT molecular complexity index is 1690. The van der Waals surface area contributed by atoms with Crippen LogP contribution < -0.4 is 10.1 Å². The van der Waals surface area contributed by atoms with Crippen molar-refractivity contribution in [2.24, 2.45) is 0 Å². The molecule has 0 radical (unpaired) electrons. The van der Waals surface area contributed by atoms with Crippen molar-refractivity contribution in [2.75, 3.05) is 0 Å². The zero-order chi connectivity index (χ0) is 24.7. The molecule has 6 rings (SSSR count). The fraction of sp³-hybridized carbons (Fsp3) is 0.0370. The van der Waals surface area contributed by atoms with E-state index < -0.39 is 9.84 Å². The normalized spacial score (nSPS) is 12.4. The van der Waals surface area contributed by atoms with E-state index in [4.69, 9.17) is 9.15 Å². The van der Waals surface area contributed by atoms with Gasteiger partial charge in [0.05, 0.1) is 20.9 Å². The predicted molar refractivity (Wildman–Crippen MR) is 134 cm³/mol. The van der Waals surface area contributed by atoms with Gasteiger partial charge in [-0.25, -0.2) is 8.42 Å². The number of sulfone groups is 1. The minimum Gasteiger partial charge on any atom is -0.454 e. The maximum atomic E-state index is 13.5. The molecule has 0 spiro atoms. The number of nitrogens with zero attached hydrogens (tertiary/aromatic N) is 1. The van der Waals surface area contributed by atoms with E-state index in [1.165, 1.54) is 23.9 Å². The van der Waals surface area contributed by atoms with Crippen molar-refractivity contribution >= 4 is 38.5 Å². The zero-order valence-electron chi connectivity index (χ0n) is 18.7. The summed E-state index contributed by atoms with van der Waals surface area (Å²) in [6.07, 6.45) is 3.18. The molecule has 1 N–H and O–H groups in total. The van der Waals surface area contributed by atoms with E-state index in [0.29, 0.717) is 17.1 Å². The van der Waals surface area contributed by atoms with E-state index in [1.54, 1.807) is 48.8 Å². The van der Waals surface area contributed by atoms with Crippen molar-refractivity contribution in [1.82, 2.24) is 10.3 Å². The lowest BCUT2D eigenvalue weighted by Crippen LogP contribution is -2.22. The van der Waals surface area contributed by atoms with E-state index in [9.17, 15) is 13.2 Å². The van der Waals surface area contributed by atoms with Crippen molar-refractivity contribution < 1.29 is 22.4 Å². The summed E-state index contributed by atoms with van der Waals surface area (Å²) in [4.78, 5) is 18.4. The monoisotopic (exact) mass is 514 g/mol. The summed E-state index contributed by atoms with van der Waals surface area (Å²) in [6.45, 7) is 0.214. The molecule has 1 amide bonds. The molecule has 7 nitrogen and oxygen atoms in total. The summed E-state index contributed by atoms with van der Waals surface area (Å²) in [5.74, 6) is 0.780. The first kappa shape index (κ1) is 22.4. The Morgan fingerprint density at radius 1 is 0.944 bits per heavy atom. The van der Waals surface area contributed by atoms with Crippen LogP contribution in [-0.4, -0.2) is 19.3 Å². The summed E-state index contributed by atoms with van der Waals surface area (Å²) < 4.78 is 38.5. The second-order valence-electron chi connectivity index (χ2n) is 8.09. The van der Waals surface area contributed by atoms with Crippen molar-refractivity contribution in [3.8, 4) is 11.5 Å². The Kier molecular flexibility index (Phi) is 5.50. The third-order valence-corrected chi connectivity index (χ3v) is 8.64. The highest BCUT2D eigenvalue weighted by Crippen LogP contribution is 2.49. The number of aromatic nitrogens is 1.